The molecular formula is C22H38O2. The molecular weight excluding hydrogens is 296 g/mol. The summed E-state index contributed by atoms with van der Waals surface area (Å²) >= 11 is 0. The van der Waals surface area contributed by atoms with E-state index in [1.54, 1.807) is 0 Å². The molecule has 0 spiro atoms. The predicted octanol–water partition coefficient (Wildman–Crippen LogP) is 6.28. The van der Waals surface area contributed by atoms with Gasteiger partial charge in [0.05, 0.1) is 5.92 Å². The van der Waals surface area contributed by atoms with Gasteiger partial charge in [-0.3, -0.25) is 4.79 Å². The summed E-state index contributed by atoms with van der Waals surface area (Å²) in [5.74, 6) is 3.04. The number of hydrogen-bond acceptors (Lipinski definition) is 2. The normalized spacial score (nSPS) is 35.5. The zero-order valence-corrected chi connectivity index (χ0v) is 15.8. The second-order valence-corrected chi connectivity index (χ2v) is 9.12. The molecule has 0 atom stereocenters. The van der Waals surface area contributed by atoms with Gasteiger partial charge in [-0.2, -0.15) is 0 Å². The lowest BCUT2D eigenvalue weighted by molar-refractivity contribution is -0.157. The quantitative estimate of drug-likeness (QED) is 0.553. The van der Waals surface area contributed by atoms with Gasteiger partial charge in [-0.15, -0.1) is 0 Å². The summed E-state index contributed by atoms with van der Waals surface area (Å²) < 4.78 is 5.83. The minimum atomic E-state index is 0.125. The summed E-state index contributed by atoms with van der Waals surface area (Å²) in [6.07, 6.45) is 19.7. The van der Waals surface area contributed by atoms with Crippen LogP contribution in [0, 0.1) is 23.7 Å². The fourth-order valence-electron chi connectivity index (χ4n) is 5.24. The summed E-state index contributed by atoms with van der Waals surface area (Å²) in [6, 6.07) is 0. The van der Waals surface area contributed by atoms with Crippen LogP contribution in [0.4, 0.5) is 0 Å². The number of rotatable bonds is 5. The van der Waals surface area contributed by atoms with Crippen molar-refractivity contribution in [3.05, 3.63) is 0 Å². The smallest absolute Gasteiger partial charge is 0.309 e. The Morgan fingerprint density at radius 3 is 1.96 bits per heavy atom. The average molecular weight is 335 g/mol. The molecule has 0 aromatic carbocycles. The second-order valence-electron chi connectivity index (χ2n) is 9.12. The molecule has 2 nitrogen and oxygen atoms in total. The van der Waals surface area contributed by atoms with Crippen molar-refractivity contribution in [3.63, 3.8) is 0 Å². The number of esters is 1. The maximum Gasteiger partial charge on any atom is 0.309 e. The van der Waals surface area contributed by atoms with E-state index in [-0.39, 0.29) is 18.0 Å². The molecule has 0 aromatic heterocycles. The molecule has 0 aliphatic heterocycles. The van der Waals surface area contributed by atoms with Crippen LogP contribution in [0.1, 0.15) is 103 Å². The van der Waals surface area contributed by atoms with Crippen LogP contribution in [0.3, 0.4) is 0 Å². The average Bonchev–Trinajstić information content (AvgIpc) is 2.63. The molecule has 138 valence electrons. The van der Waals surface area contributed by atoms with Crippen molar-refractivity contribution in [2.75, 3.05) is 0 Å². The monoisotopic (exact) mass is 334 g/mol. The van der Waals surface area contributed by atoms with Crippen molar-refractivity contribution in [1.29, 1.82) is 0 Å². The highest BCUT2D eigenvalue weighted by molar-refractivity contribution is 5.72. The van der Waals surface area contributed by atoms with E-state index in [9.17, 15) is 4.79 Å². The van der Waals surface area contributed by atoms with Gasteiger partial charge in [0.25, 0.3) is 0 Å². The first-order chi connectivity index (χ1) is 11.7. The minimum Gasteiger partial charge on any atom is -0.462 e. The molecule has 0 heterocycles. The van der Waals surface area contributed by atoms with E-state index >= 15 is 0 Å². The molecule has 3 fully saturated rings. The van der Waals surface area contributed by atoms with Crippen LogP contribution in [-0.2, 0) is 9.53 Å². The fraction of sp³-hybridized carbons (Fsp3) is 0.955. The number of carbonyl (C=O) groups is 1. The lowest BCUT2D eigenvalue weighted by atomic mass is 9.77. The molecule has 3 rings (SSSR count). The first-order valence-electron chi connectivity index (χ1n) is 10.9. The van der Waals surface area contributed by atoms with Crippen molar-refractivity contribution in [3.8, 4) is 0 Å². The molecule has 0 N–H and O–H groups in total. The van der Waals surface area contributed by atoms with Gasteiger partial charge < -0.3 is 4.74 Å². The van der Waals surface area contributed by atoms with E-state index in [1.807, 2.05) is 0 Å². The van der Waals surface area contributed by atoms with Crippen LogP contribution in [-0.4, -0.2) is 12.1 Å². The van der Waals surface area contributed by atoms with Crippen molar-refractivity contribution in [2.24, 2.45) is 23.7 Å². The zero-order valence-electron chi connectivity index (χ0n) is 15.8. The topological polar surface area (TPSA) is 26.3 Å². The van der Waals surface area contributed by atoms with E-state index < -0.39 is 0 Å². The highest BCUT2D eigenvalue weighted by Gasteiger charge is 2.30. The van der Waals surface area contributed by atoms with Gasteiger partial charge in [0.1, 0.15) is 6.10 Å². The Morgan fingerprint density at radius 2 is 1.33 bits per heavy atom. The van der Waals surface area contributed by atoms with Crippen LogP contribution in [0.5, 0.6) is 0 Å². The number of ether oxygens (including phenoxy) is 1. The summed E-state index contributed by atoms with van der Waals surface area (Å²) in [5, 5.41) is 0. The molecule has 0 saturated heterocycles. The van der Waals surface area contributed by atoms with Crippen LogP contribution < -0.4 is 0 Å². The molecule has 3 aliphatic rings. The summed E-state index contributed by atoms with van der Waals surface area (Å²) in [6.45, 7) is 2.31. The Bertz CT molecular complexity index is 369. The van der Waals surface area contributed by atoms with E-state index in [0.717, 1.165) is 43.4 Å². The molecule has 3 aliphatic carbocycles. The van der Waals surface area contributed by atoms with Crippen molar-refractivity contribution < 1.29 is 9.53 Å². The lowest BCUT2D eigenvalue weighted by Crippen LogP contribution is -2.29. The van der Waals surface area contributed by atoms with E-state index in [1.165, 1.54) is 70.6 Å². The van der Waals surface area contributed by atoms with Crippen LogP contribution in [0.25, 0.3) is 0 Å². The molecule has 0 radical (unpaired) electrons. The highest BCUT2D eigenvalue weighted by Crippen LogP contribution is 2.36. The Kier molecular flexibility index (Phi) is 7.04. The Labute approximate surface area is 149 Å². The third-order valence-corrected chi connectivity index (χ3v) is 7.13. The van der Waals surface area contributed by atoms with E-state index in [2.05, 4.69) is 6.92 Å². The number of hydrogen-bond donors (Lipinski definition) is 0. The Balaban J connectivity index is 1.31. The highest BCUT2D eigenvalue weighted by atomic mass is 16.5. The molecule has 0 amide bonds. The maximum absolute atomic E-state index is 12.4. The van der Waals surface area contributed by atoms with Gasteiger partial charge >= 0.3 is 5.97 Å². The second kappa shape index (κ2) is 9.25. The summed E-state index contributed by atoms with van der Waals surface area (Å²) in [5.41, 5.74) is 0. The molecule has 0 bridgehead atoms. The summed E-state index contributed by atoms with van der Waals surface area (Å²) in [7, 11) is 0. The molecule has 2 heteroatoms. The van der Waals surface area contributed by atoms with Gasteiger partial charge in [-0.05, 0) is 69.1 Å². The largest absolute Gasteiger partial charge is 0.462 e. The van der Waals surface area contributed by atoms with Gasteiger partial charge in [-0.25, -0.2) is 0 Å². The van der Waals surface area contributed by atoms with E-state index in [0.29, 0.717) is 0 Å². The maximum atomic E-state index is 12.4. The fourth-order valence-corrected chi connectivity index (χ4v) is 5.24. The molecule has 0 unspecified atom stereocenters. The first kappa shape index (κ1) is 18.3. The van der Waals surface area contributed by atoms with Gasteiger partial charge in [0, 0.05) is 0 Å². The summed E-state index contributed by atoms with van der Waals surface area (Å²) in [4.78, 5) is 12.4. The molecule has 3 saturated carbocycles. The third-order valence-electron chi connectivity index (χ3n) is 7.13. The molecule has 0 aromatic rings. The van der Waals surface area contributed by atoms with Crippen molar-refractivity contribution in [2.45, 2.75) is 109 Å². The van der Waals surface area contributed by atoms with Gasteiger partial charge in [0.15, 0.2) is 0 Å². The van der Waals surface area contributed by atoms with Gasteiger partial charge in [0.2, 0.25) is 0 Å². The number of carbonyl (C=O) groups excluding carboxylic acids is 1. The zero-order chi connectivity index (χ0) is 16.8. The van der Waals surface area contributed by atoms with Crippen molar-refractivity contribution in [1.82, 2.24) is 0 Å². The van der Waals surface area contributed by atoms with Crippen LogP contribution in [0.15, 0.2) is 0 Å². The van der Waals surface area contributed by atoms with E-state index in [4.69, 9.17) is 4.74 Å². The van der Waals surface area contributed by atoms with Crippen LogP contribution >= 0.6 is 0 Å². The van der Waals surface area contributed by atoms with Crippen molar-refractivity contribution >= 4 is 5.97 Å². The third kappa shape index (κ3) is 5.49. The Hall–Kier alpha value is -0.530. The SMILES string of the molecule is CC1CCC(OC(=O)C2CCC(CCC3CCCCC3)CC2)CC1. The lowest BCUT2D eigenvalue weighted by Gasteiger charge is -2.31. The van der Waals surface area contributed by atoms with Gasteiger partial charge in [-0.1, -0.05) is 51.9 Å². The minimum absolute atomic E-state index is 0.125. The predicted molar refractivity (Wildman–Crippen MR) is 98.8 cm³/mol. The first-order valence-corrected chi connectivity index (χ1v) is 10.9. The molecule has 24 heavy (non-hydrogen) atoms. The Morgan fingerprint density at radius 1 is 0.750 bits per heavy atom. The van der Waals surface area contributed by atoms with Crippen LogP contribution in [0.2, 0.25) is 0 Å². The standard InChI is InChI=1S/C22H38O2/c1-17-7-15-21(16-8-17)24-22(23)20-13-11-19(12-14-20)10-9-18-5-3-2-4-6-18/h17-21H,2-16H2,1H3.